The van der Waals surface area contributed by atoms with E-state index in [4.69, 9.17) is 10.5 Å². The molecule has 2 N–H and O–H groups in total. The zero-order valence-electron chi connectivity index (χ0n) is 26.4. The number of ether oxygens (including phenoxy) is 1. The number of aromatic nitrogens is 4. The van der Waals surface area contributed by atoms with Gasteiger partial charge in [0.1, 0.15) is 5.82 Å². The molecule has 3 aliphatic heterocycles. The van der Waals surface area contributed by atoms with Crippen molar-refractivity contribution in [3.05, 3.63) is 42.1 Å². The predicted molar refractivity (Wildman–Crippen MR) is 175 cm³/mol. The van der Waals surface area contributed by atoms with Gasteiger partial charge in [0, 0.05) is 71.4 Å². The van der Waals surface area contributed by atoms with Crippen LogP contribution in [-0.4, -0.2) is 120 Å². The van der Waals surface area contributed by atoms with E-state index in [1.807, 2.05) is 22.0 Å². The summed E-state index contributed by atoms with van der Waals surface area (Å²) in [5.41, 5.74) is 4.26. The van der Waals surface area contributed by atoms with Crippen molar-refractivity contribution >= 4 is 48.4 Å². The molecule has 47 heavy (non-hydrogen) atoms. The minimum Gasteiger partial charge on any atom is -0.384 e. The fourth-order valence-electron chi connectivity index (χ4n) is 4.77. The van der Waals surface area contributed by atoms with Crippen LogP contribution in [0.4, 0.5) is 30.9 Å². The lowest BCUT2D eigenvalue weighted by molar-refractivity contribution is -0.137. The van der Waals surface area contributed by atoms with Crippen LogP contribution in [0.25, 0.3) is 11.4 Å². The first-order chi connectivity index (χ1) is 22.6. The summed E-state index contributed by atoms with van der Waals surface area (Å²) < 4.78 is 46.4. The minimum atomic E-state index is -4.66. The number of nitrogens with zero attached hydrogens (tertiary/aromatic N) is 8. The quantitative estimate of drug-likeness (QED) is 0.183. The van der Waals surface area contributed by atoms with E-state index in [1.54, 1.807) is 29.1 Å². The van der Waals surface area contributed by atoms with Gasteiger partial charge in [-0.25, -0.2) is 4.98 Å². The molecule has 5 rings (SSSR count). The van der Waals surface area contributed by atoms with Crippen LogP contribution < -0.4 is 15.5 Å². The Labute approximate surface area is 277 Å². The molecule has 0 atom stereocenters. The third-order valence-electron chi connectivity index (χ3n) is 7.23. The highest BCUT2D eigenvalue weighted by molar-refractivity contribution is 7.79. The van der Waals surface area contributed by atoms with Crippen LogP contribution in [0, 0.1) is 0 Å². The molecule has 0 aromatic carbocycles. The number of carbonyl (C=O) groups excluding carboxylic acids is 3. The number of piperazine rings is 1. The Bertz CT molecular complexity index is 1410. The molecule has 0 aliphatic carbocycles. The first kappa shape index (κ1) is 37.2. The molecule has 0 bridgehead atoms. The van der Waals surface area contributed by atoms with Crippen LogP contribution in [0.1, 0.15) is 25.3 Å². The van der Waals surface area contributed by atoms with E-state index in [1.165, 1.54) is 6.08 Å². The number of hydrogen-bond acceptors (Lipinski definition) is 12. The largest absolute Gasteiger partial charge is 0.417 e. The van der Waals surface area contributed by atoms with E-state index in [0.29, 0.717) is 78.4 Å². The zero-order valence-corrected chi connectivity index (χ0v) is 27.3. The van der Waals surface area contributed by atoms with E-state index < -0.39 is 11.7 Å². The normalized spacial score (nSPS) is 16.4. The molecule has 256 valence electrons. The fourth-order valence-corrected chi connectivity index (χ4v) is 4.77. The number of morpholine rings is 1. The molecule has 13 nitrogen and oxygen atoms in total. The molecule has 5 heterocycles. The van der Waals surface area contributed by atoms with Crippen molar-refractivity contribution in [1.29, 1.82) is 0 Å². The fraction of sp³-hybridized carbons (Fsp3) is 0.500. The Morgan fingerprint density at radius 3 is 2.11 bits per heavy atom. The minimum absolute atomic E-state index is 0.0213. The number of hydrogen-bond donors (Lipinski definition) is 2. The van der Waals surface area contributed by atoms with Gasteiger partial charge < -0.3 is 30.1 Å². The molecule has 2 aromatic heterocycles. The summed E-state index contributed by atoms with van der Waals surface area (Å²) in [6.07, 6.45) is 6.62. The molecule has 2 amide bonds. The number of carbonyl (C=O) groups is 3. The van der Waals surface area contributed by atoms with Crippen LogP contribution in [0.2, 0.25) is 0 Å². The maximum Gasteiger partial charge on any atom is 0.417 e. The van der Waals surface area contributed by atoms with E-state index in [2.05, 4.69) is 32.6 Å². The van der Waals surface area contributed by atoms with Crippen molar-refractivity contribution < 1.29 is 32.3 Å². The van der Waals surface area contributed by atoms with Crippen molar-refractivity contribution in [1.82, 2.24) is 29.7 Å². The number of thiol groups is 1. The summed E-state index contributed by atoms with van der Waals surface area (Å²) in [5.74, 6) is 0.224. The van der Waals surface area contributed by atoms with Crippen molar-refractivity contribution in [2.45, 2.75) is 25.9 Å². The second kappa shape index (κ2) is 18.2. The number of anilines is 3. The van der Waals surface area contributed by atoms with Crippen LogP contribution in [-0.2, 0) is 25.3 Å². The molecular weight excluding hydrogens is 639 g/mol. The molecule has 0 saturated carbocycles. The van der Waals surface area contributed by atoms with Crippen molar-refractivity contribution in [2.75, 3.05) is 87.4 Å². The highest BCUT2D eigenvalue weighted by atomic mass is 32.1. The SMILES string of the molecule is C/C=C/C(=O)CCC(=O)N1CC=CC1.CS.Nc1cc(C(F)(F)F)c(-c2nc(N3CCOCC3)nc(N3CCN(C=O)CC3)n2)cn1. The Balaban J connectivity index is 0.000000315. The lowest BCUT2D eigenvalue weighted by Crippen LogP contribution is -2.46. The maximum absolute atomic E-state index is 13.7. The summed E-state index contributed by atoms with van der Waals surface area (Å²) >= 11 is 3.53. The van der Waals surface area contributed by atoms with E-state index in [9.17, 15) is 27.6 Å². The van der Waals surface area contributed by atoms with E-state index >= 15 is 0 Å². The number of ketones is 1. The number of amides is 2. The Morgan fingerprint density at radius 1 is 0.957 bits per heavy atom. The van der Waals surface area contributed by atoms with Gasteiger partial charge in [0.05, 0.1) is 24.3 Å². The van der Waals surface area contributed by atoms with Gasteiger partial charge in [0.15, 0.2) is 11.6 Å². The standard InChI is InChI=1S/C18H21F3N8O2.C11H15NO2.CH4S/c19-18(20,21)13-9-14(22)23-10-12(13)15-24-16(28-3-1-27(11-30)2-4-28)26-17(25-15)29-5-7-31-8-6-29;1-2-5-10(13)6-7-11(14)12-8-3-4-9-12;1-2/h9-11H,1-8H2,(H2,22,23);2-5H,6-9H2,1H3;2H,1H3/b;5-2+;. The second-order valence-corrected chi connectivity index (χ2v) is 10.4. The van der Waals surface area contributed by atoms with Crippen molar-refractivity contribution in [2.24, 2.45) is 0 Å². The first-order valence-electron chi connectivity index (χ1n) is 15.0. The summed E-state index contributed by atoms with van der Waals surface area (Å²) in [6, 6.07) is 0.774. The molecule has 0 unspecified atom stereocenters. The lowest BCUT2D eigenvalue weighted by atomic mass is 10.1. The third-order valence-corrected chi connectivity index (χ3v) is 7.23. The molecule has 2 aromatic rings. The van der Waals surface area contributed by atoms with Gasteiger partial charge in [-0.15, -0.1) is 0 Å². The van der Waals surface area contributed by atoms with Gasteiger partial charge in [-0.2, -0.15) is 40.8 Å². The number of alkyl halides is 3. The van der Waals surface area contributed by atoms with E-state index in [-0.39, 0.29) is 40.8 Å². The van der Waals surface area contributed by atoms with Crippen LogP contribution in [0.15, 0.2) is 36.6 Å². The third kappa shape index (κ3) is 10.9. The number of halogens is 3. The summed E-state index contributed by atoms with van der Waals surface area (Å²) in [5, 5.41) is 0. The van der Waals surface area contributed by atoms with Gasteiger partial charge in [0.25, 0.3) is 0 Å². The molecule has 0 spiro atoms. The van der Waals surface area contributed by atoms with Crippen LogP contribution >= 0.6 is 12.6 Å². The van der Waals surface area contributed by atoms with Gasteiger partial charge in [-0.1, -0.05) is 18.2 Å². The Morgan fingerprint density at radius 2 is 1.55 bits per heavy atom. The molecule has 2 saturated heterocycles. The van der Waals surface area contributed by atoms with Gasteiger partial charge >= 0.3 is 6.18 Å². The molecule has 3 aliphatic rings. The van der Waals surface area contributed by atoms with Crippen molar-refractivity contribution in [3.63, 3.8) is 0 Å². The van der Waals surface area contributed by atoms with Crippen LogP contribution in [0.5, 0.6) is 0 Å². The monoisotopic (exact) mass is 679 g/mol. The summed E-state index contributed by atoms with van der Waals surface area (Å²) in [7, 11) is 0. The highest BCUT2D eigenvalue weighted by Crippen LogP contribution is 2.37. The molecular formula is C30H40F3N9O4S. The number of pyridine rings is 1. The zero-order chi connectivity index (χ0) is 34.4. The topological polar surface area (TPSA) is 151 Å². The number of nitrogens with two attached hydrogens (primary N) is 1. The smallest absolute Gasteiger partial charge is 0.384 e. The van der Waals surface area contributed by atoms with Gasteiger partial charge in [-0.05, 0) is 25.3 Å². The summed E-state index contributed by atoms with van der Waals surface area (Å²) in [6.45, 7) is 6.97. The highest BCUT2D eigenvalue weighted by Gasteiger charge is 2.36. The predicted octanol–water partition coefficient (Wildman–Crippen LogP) is 2.51. The number of rotatable bonds is 8. The number of nitrogen functional groups attached to an aromatic ring is 1. The van der Waals surface area contributed by atoms with Crippen molar-refractivity contribution in [3.8, 4) is 11.4 Å². The average Bonchev–Trinajstić information content (AvgIpc) is 3.64. The molecule has 2 fully saturated rings. The summed E-state index contributed by atoms with van der Waals surface area (Å²) in [4.78, 5) is 57.6. The Hall–Kier alpha value is -4.25. The molecule has 0 radical (unpaired) electrons. The van der Waals surface area contributed by atoms with Gasteiger partial charge in [-0.3, -0.25) is 14.4 Å². The number of allylic oxidation sites excluding steroid dienone is 2. The average molecular weight is 680 g/mol. The lowest BCUT2D eigenvalue weighted by Gasteiger charge is -2.33. The van der Waals surface area contributed by atoms with Gasteiger partial charge in [0.2, 0.25) is 24.2 Å². The Kier molecular flexibility index (Phi) is 14.4. The van der Waals surface area contributed by atoms with Crippen LogP contribution in [0.3, 0.4) is 0 Å². The first-order valence-corrected chi connectivity index (χ1v) is 15.9. The maximum atomic E-state index is 13.7. The molecule has 17 heteroatoms. The second-order valence-electron chi connectivity index (χ2n) is 10.4. The van der Waals surface area contributed by atoms with E-state index in [0.717, 1.165) is 18.7 Å².